The number of rotatable bonds is 6. The maximum absolute atomic E-state index is 11.7. The standard InChI is InChI=1S/C15H14N4O3S/c1-2-22-14(21)10(8-16)11(17)12-13(20)19-15(23-12)18-9-6-4-3-5-7-9/h3-7,10,17,20H,2H2,1H3,(H,18,19). The third-order valence-electron chi connectivity index (χ3n) is 2.82. The molecule has 1 aromatic carbocycles. The smallest absolute Gasteiger partial charge is 0.329 e. The normalized spacial score (nSPS) is 11.3. The van der Waals surface area contributed by atoms with Crippen molar-refractivity contribution >= 4 is 33.8 Å². The molecule has 8 heteroatoms. The summed E-state index contributed by atoms with van der Waals surface area (Å²) in [5.41, 5.74) is 0.434. The van der Waals surface area contributed by atoms with Crippen molar-refractivity contribution in [2.24, 2.45) is 5.92 Å². The predicted molar refractivity (Wildman–Crippen MR) is 86.1 cm³/mol. The molecule has 1 atom stereocenters. The van der Waals surface area contributed by atoms with Crippen LogP contribution < -0.4 is 5.32 Å². The van der Waals surface area contributed by atoms with Gasteiger partial charge in [-0.1, -0.05) is 29.5 Å². The fraction of sp³-hybridized carbons (Fsp3) is 0.200. The Morgan fingerprint density at radius 1 is 1.52 bits per heavy atom. The number of hydrogen-bond acceptors (Lipinski definition) is 8. The third-order valence-corrected chi connectivity index (χ3v) is 3.81. The fourth-order valence-electron chi connectivity index (χ4n) is 1.78. The minimum atomic E-state index is -1.40. The second kappa shape index (κ2) is 7.38. The van der Waals surface area contributed by atoms with Gasteiger partial charge in [-0.05, 0) is 19.1 Å². The molecule has 1 aromatic heterocycles. The molecular formula is C15H14N4O3S. The molecule has 0 amide bonds. The Hall–Kier alpha value is -2.92. The zero-order valence-electron chi connectivity index (χ0n) is 12.2. The molecule has 1 unspecified atom stereocenters. The Kier molecular flexibility index (Phi) is 5.28. The molecule has 7 nitrogen and oxygen atoms in total. The number of nitrogens with one attached hydrogen (secondary N) is 2. The van der Waals surface area contributed by atoms with Crippen LogP contribution in [-0.2, 0) is 9.53 Å². The zero-order chi connectivity index (χ0) is 16.8. The van der Waals surface area contributed by atoms with E-state index in [1.165, 1.54) is 0 Å². The number of nitrogens with zero attached hydrogens (tertiary/aromatic N) is 2. The van der Waals surface area contributed by atoms with Crippen molar-refractivity contribution in [2.45, 2.75) is 6.92 Å². The Morgan fingerprint density at radius 2 is 2.22 bits per heavy atom. The Balaban J connectivity index is 2.21. The molecule has 0 radical (unpaired) electrons. The van der Waals surface area contributed by atoms with E-state index in [1.54, 1.807) is 13.0 Å². The van der Waals surface area contributed by atoms with Crippen molar-refractivity contribution in [2.75, 3.05) is 11.9 Å². The van der Waals surface area contributed by atoms with Crippen molar-refractivity contribution in [3.63, 3.8) is 0 Å². The molecule has 1 heterocycles. The van der Waals surface area contributed by atoms with E-state index in [0.717, 1.165) is 17.0 Å². The van der Waals surface area contributed by atoms with E-state index in [4.69, 9.17) is 15.4 Å². The minimum absolute atomic E-state index is 0.0584. The van der Waals surface area contributed by atoms with Crippen molar-refractivity contribution in [1.82, 2.24) is 4.98 Å². The first kappa shape index (κ1) is 16.5. The summed E-state index contributed by atoms with van der Waals surface area (Å²) in [4.78, 5) is 15.7. The molecule has 0 aliphatic rings. The molecule has 0 saturated heterocycles. The highest BCUT2D eigenvalue weighted by molar-refractivity contribution is 7.18. The van der Waals surface area contributed by atoms with Crippen LogP contribution in [0.1, 0.15) is 11.8 Å². The van der Waals surface area contributed by atoms with Gasteiger partial charge in [0.1, 0.15) is 4.88 Å². The van der Waals surface area contributed by atoms with Gasteiger partial charge in [-0.15, -0.1) is 0 Å². The van der Waals surface area contributed by atoms with E-state index in [9.17, 15) is 9.90 Å². The lowest BCUT2D eigenvalue weighted by Crippen LogP contribution is -2.24. The molecule has 118 valence electrons. The lowest BCUT2D eigenvalue weighted by atomic mass is 10.0. The summed E-state index contributed by atoms with van der Waals surface area (Å²) in [6.45, 7) is 1.72. The molecule has 0 aliphatic carbocycles. The summed E-state index contributed by atoms with van der Waals surface area (Å²) in [5, 5.41) is 30.3. The van der Waals surface area contributed by atoms with Gasteiger partial charge in [0.15, 0.2) is 11.0 Å². The van der Waals surface area contributed by atoms with Gasteiger partial charge in [-0.2, -0.15) is 10.2 Å². The van der Waals surface area contributed by atoms with Crippen LogP contribution in [0.25, 0.3) is 0 Å². The number of carbonyl (C=O) groups excluding carboxylic acids is 1. The topological polar surface area (TPSA) is 119 Å². The number of aromatic nitrogens is 1. The molecule has 23 heavy (non-hydrogen) atoms. The lowest BCUT2D eigenvalue weighted by Gasteiger charge is -2.08. The van der Waals surface area contributed by atoms with E-state index in [0.29, 0.717) is 5.13 Å². The van der Waals surface area contributed by atoms with Gasteiger partial charge in [0, 0.05) is 5.69 Å². The summed E-state index contributed by atoms with van der Waals surface area (Å²) in [5.74, 6) is -2.61. The summed E-state index contributed by atoms with van der Waals surface area (Å²) >= 11 is 0.986. The van der Waals surface area contributed by atoms with Crippen LogP contribution in [-0.4, -0.2) is 28.4 Å². The van der Waals surface area contributed by atoms with Crippen molar-refractivity contribution in [3.8, 4) is 11.9 Å². The van der Waals surface area contributed by atoms with Gasteiger partial charge in [-0.25, -0.2) is 0 Å². The highest BCUT2D eigenvalue weighted by Gasteiger charge is 2.29. The summed E-state index contributed by atoms with van der Waals surface area (Å²) in [7, 11) is 0. The third kappa shape index (κ3) is 3.84. The number of hydrogen-bond donors (Lipinski definition) is 3. The number of anilines is 2. The monoisotopic (exact) mass is 330 g/mol. The zero-order valence-corrected chi connectivity index (χ0v) is 13.1. The van der Waals surface area contributed by atoms with Crippen molar-refractivity contribution < 1.29 is 14.6 Å². The summed E-state index contributed by atoms with van der Waals surface area (Å²) in [6.07, 6.45) is 0. The number of para-hydroxylation sites is 1. The molecule has 0 aliphatic heterocycles. The molecule has 0 bridgehead atoms. The maximum atomic E-state index is 11.7. The van der Waals surface area contributed by atoms with Gasteiger partial charge < -0.3 is 20.6 Å². The number of nitriles is 1. The van der Waals surface area contributed by atoms with Crippen LogP contribution in [0.2, 0.25) is 0 Å². The van der Waals surface area contributed by atoms with Crippen LogP contribution in [0.4, 0.5) is 10.8 Å². The average Bonchev–Trinajstić information content (AvgIpc) is 2.89. The van der Waals surface area contributed by atoms with Crippen LogP contribution >= 0.6 is 11.3 Å². The predicted octanol–water partition coefficient (Wildman–Crippen LogP) is 2.66. The van der Waals surface area contributed by atoms with E-state index >= 15 is 0 Å². The van der Waals surface area contributed by atoms with E-state index in [1.807, 2.05) is 30.3 Å². The number of aromatic hydroxyl groups is 1. The molecular weight excluding hydrogens is 316 g/mol. The molecule has 0 spiro atoms. The van der Waals surface area contributed by atoms with Crippen LogP contribution in [0.3, 0.4) is 0 Å². The maximum Gasteiger partial charge on any atom is 0.329 e. The molecule has 2 aromatic rings. The largest absolute Gasteiger partial charge is 0.492 e. The Labute approximate surface area is 136 Å². The SMILES string of the molecule is CCOC(=O)C(C#N)C(=N)c1sc(Nc2ccccc2)nc1O. The Bertz CT molecular complexity index is 752. The van der Waals surface area contributed by atoms with Crippen molar-refractivity contribution in [3.05, 3.63) is 35.2 Å². The number of esters is 1. The Morgan fingerprint density at radius 3 is 2.83 bits per heavy atom. The van der Waals surface area contributed by atoms with Crippen LogP contribution in [0.15, 0.2) is 30.3 Å². The number of benzene rings is 1. The minimum Gasteiger partial charge on any atom is -0.492 e. The van der Waals surface area contributed by atoms with Crippen LogP contribution in [0, 0.1) is 22.7 Å². The fourth-order valence-corrected chi connectivity index (χ4v) is 2.64. The highest BCUT2D eigenvalue weighted by Crippen LogP contribution is 2.32. The van der Waals surface area contributed by atoms with Gasteiger partial charge in [0.05, 0.1) is 18.4 Å². The number of ether oxygens (including phenoxy) is 1. The van der Waals surface area contributed by atoms with Crippen LogP contribution in [0.5, 0.6) is 5.88 Å². The first-order valence-corrected chi connectivity index (χ1v) is 7.55. The van der Waals surface area contributed by atoms with Crippen molar-refractivity contribution in [1.29, 1.82) is 10.7 Å². The summed E-state index contributed by atoms with van der Waals surface area (Å²) in [6, 6.07) is 10.9. The summed E-state index contributed by atoms with van der Waals surface area (Å²) < 4.78 is 4.76. The van der Waals surface area contributed by atoms with Gasteiger partial charge in [0.2, 0.25) is 5.88 Å². The molecule has 3 N–H and O–H groups in total. The van der Waals surface area contributed by atoms with Gasteiger partial charge in [-0.3, -0.25) is 4.79 Å². The molecule has 0 saturated carbocycles. The van der Waals surface area contributed by atoms with Gasteiger partial charge in [0.25, 0.3) is 0 Å². The first-order valence-electron chi connectivity index (χ1n) is 6.73. The second-order valence-corrected chi connectivity index (χ2v) is 5.39. The highest BCUT2D eigenvalue weighted by atomic mass is 32.1. The number of carbonyl (C=O) groups is 1. The van der Waals surface area contributed by atoms with E-state index in [2.05, 4.69) is 10.3 Å². The average molecular weight is 330 g/mol. The lowest BCUT2D eigenvalue weighted by molar-refractivity contribution is -0.143. The molecule has 0 fully saturated rings. The number of thiazole rings is 1. The second-order valence-electron chi connectivity index (χ2n) is 4.39. The van der Waals surface area contributed by atoms with Gasteiger partial charge >= 0.3 is 5.97 Å². The quantitative estimate of drug-likeness (QED) is 0.553. The first-order chi connectivity index (χ1) is 11.1. The van der Waals surface area contributed by atoms with E-state index < -0.39 is 17.8 Å². The van der Waals surface area contributed by atoms with E-state index in [-0.39, 0.29) is 17.2 Å². The molecule has 2 rings (SSSR count).